The van der Waals surface area contributed by atoms with Crippen molar-refractivity contribution >= 4 is 22.2 Å². The molecule has 2 aromatic carbocycles. The lowest BCUT2D eigenvalue weighted by Crippen LogP contribution is -1.97. The smallest absolute Gasteiger partial charge is 0.115 e. The second-order valence-electron chi connectivity index (χ2n) is 5.08. The van der Waals surface area contributed by atoms with Gasteiger partial charge in [-0.25, -0.2) is 4.98 Å². The van der Waals surface area contributed by atoms with E-state index in [1.165, 1.54) is 11.3 Å². The summed E-state index contributed by atoms with van der Waals surface area (Å²) in [6.07, 6.45) is 0. The van der Waals surface area contributed by atoms with Crippen molar-refractivity contribution in [2.24, 2.45) is 0 Å². The number of para-hydroxylation sites is 1. The number of benzene rings is 2. The van der Waals surface area contributed by atoms with Gasteiger partial charge in [0.25, 0.3) is 0 Å². The number of thiazole rings is 1. The zero-order chi connectivity index (χ0) is 15.8. The molecule has 0 amide bonds. The van der Waals surface area contributed by atoms with Gasteiger partial charge in [0.1, 0.15) is 11.8 Å². The molecule has 0 aliphatic rings. The predicted molar refractivity (Wildman–Crippen MR) is 90.8 cm³/mol. The van der Waals surface area contributed by atoms with E-state index in [0.717, 1.165) is 28.0 Å². The van der Waals surface area contributed by atoms with Crippen LogP contribution >= 0.6 is 11.3 Å². The first-order chi connectivity index (χ1) is 11.3. The molecular weight excluding hydrogens is 306 g/mol. The molecular formula is C18H11N3OS. The van der Waals surface area contributed by atoms with Gasteiger partial charge < -0.3 is 9.67 Å². The lowest BCUT2D eigenvalue weighted by Gasteiger charge is -2.10. The van der Waals surface area contributed by atoms with Crippen molar-refractivity contribution in [1.29, 1.82) is 5.26 Å². The molecule has 5 heteroatoms. The third-order valence-electron chi connectivity index (χ3n) is 3.77. The molecule has 4 nitrogen and oxygen atoms in total. The number of phenolic OH excluding ortho intramolecular Hbond substituents is 1. The first kappa shape index (κ1) is 13.6. The highest BCUT2D eigenvalue weighted by atomic mass is 32.1. The largest absolute Gasteiger partial charge is 0.508 e. The Bertz CT molecular complexity index is 1020. The Morgan fingerprint density at radius 1 is 1.09 bits per heavy atom. The summed E-state index contributed by atoms with van der Waals surface area (Å²) in [5, 5.41) is 22.1. The third kappa shape index (κ3) is 2.08. The van der Waals surface area contributed by atoms with E-state index in [-0.39, 0.29) is 5.75 Å². The van der Waals surface area contributed by atoms with Gasteiger partial charge in [-0.15, -0.1) is 11.3 Å². The molecule has 23 heavy (non-hydrogen) atoms. The van der Waals surface area contributed by atoms with Crippen LogP contribution in [0, 0.1) is 11.3 Å². The van der Waals surface area contributed by atoms with E-state index in [2.05, 4.69) is 11.1 Å². The van der Waals surface area contributed by atoms with Crippen molar-refractivity contribution in [3.05, 3.63) is 65.0 Å². The minimum absolute atomic E-state index is 0.209. The molecule has 0 aliphatic heterocycles. The number of aromatic hydroxyl groups is 1. The molecule has 1 N–H and O–H groups in total. The van der Waals surface area contributed by atoms with E-state index >= 15 is 0 Å². The first-order valence-electron chi connectivity index (χ1n) is 7.01. The Balaban J connectivity index is 2.15. The second kappa shape index (κ2) is 5.27. The molecule has 0 spiro atoms. The summed E-state index contributed by atoms with van der Waals surface area (Å²) in [5.74, 6) is 0.209. The van der Waals surface area contributed by atoms with Crippen LogP contribution in [0.4, 0.5) is 0 Å². The van der Waals surface area contributed by atoms with Gasteiger partial charge in [0.15, 0.2) is 0 Å². The van der Waals surface area contributed by atoms with Gasteiger partial charge in [0, 0.05) is 16.5 Å². The van der Waals surface area contributed by atoms with Crippen LogP contribution in [0.15, 0.2) is 59.4 Å². The second-order valence-corrected chi connectivity index (χ2v) is 5.80. The highest BCUT2D eigenvalue weighted by Crippen LogP contribution is 2.36. The summed E-state index contributed by atoms with van der Waals surface area (Å²) in [6.45, 7) is 0. The Morgan fingerprint density at radius 2 is 1.87 bits per heavy atom. The van der Waals surface area contributed by atoms with Crippen molar-refractivity contribution in [3.63, 3.8) is 0 Å². The van der Waals surface area contributed by atoms with Crippen LogP contribution < -0.4 is 0 Å². The molecule has 0 aliphatic carbocycles. The van der Waals surface area contributed by atoms with E-state index in [1.807, 2.05) is 46.3 Å². The number of rotatable bonds is 2. The van der Waals surface area contributed by atoms with Crippen molar-refractivity contribution in [2.75, 3.05) is 0 Å². The quantitative estimate of drug-likeness (QED) is 0.598. The van der Waals surface area contributed by atoms with Gasteiger partial charge >= 0.3 is 0 Å². The summed E-state index contributed by atoms with van der Waals surface area (Å²) in [7, 11) is 0. The maximum Gasteiger partial charge on any atom is 0.115 e. The van der Waals surface area contributed by atoms with Crippen LogP contribution in [-0.2, 0) is 0 Å². The number of aromatic nitrogens is 2. The minimum atomic E-state index is 0.209. The Hall–Kier alpha value is -3.10. The Labute approximate surface area is 136 Å². The molecule has 0 bridgehead atoms. The number of hydrogen-bond donors (Lipinski definition) is 1. The van der Waals surface area contributed by atoms with E-state index in [0.29, 0.717) is 5.56 Å². The van der Waals surface area contributed by atoms with E-state index < -0.39 is 0 Å². The van der Waals surface area contributed by atoms with E-state index in [1.54, 1.807) is 17.6 Å². The molecule has 0 fully saturated rings. The Morgan fingerprint density at radius 3 is 2.57 bits per heavy atom. The lowest BCUT2D eigenvalue weighted by atomic mass is 10.1. The van der Waals surface area contributed by atoms with E-state index in [4.69, 9.17) is 0 Å². The fourth-order valence-corrected chi connectivity index (χ4v) is 3.33. The normalized spacial score (nSPS) is 10.7. The van der Waals surface area contributed by atoms with Gasteiger partial charge in [-0.3, -0.25) is 0 Å². The maximum atomic E-state index is 9.69. The molecule has 2 aromatic heterocycles. The summed E-state index contributed by atoms with van der Waals surface area (Å²) in [6, 6.07) is 17.1. The highest BCUT2D eigenvalue weighted by molar-refractivity contribution is 7.07. The zero-order valence-corrected chi connectivity index (χ0v) is 12.8. The molecule has 0 radical (unpaired) electrons. The molecule has 4 rings (SSSR count). The van der Waals surface area contributed by atoms with Crippen molar-refractivity contribution < 1.29 is 5.11 Å². The van der Waals surface area contributed by atoms with Gasteiger partial charge in [-0.2, -0.15) is 5.26 Å². The molecule has 0 saturated heterocycles. The van der Waals surface area contributed by atoms with Crippen LogP contribution in [-0.4, -0.2) is 14.7 Å². The van der Waals surface area contributed by atoms with Crippen LogP contribution in [0.2, 0.25) is 0 Å². The molecule has 0 saturated carbocycles. The van der Waals surface area contributed by atoms with Gasteiger partial charge in [-0.05, 0) is 30.3 Å². The SMILES string of the molecule is N#Cc1c(-c2cscn2)n(-c2ccc(O)cc2)c2ccccc12. The summed E-state index contributed by atoms with van der Waals surface area (Å²) in [4.78, 5) is 4.39. The van der Waals surface area contributed by atoms with E-state index in [9.17, 15) is 10.4 Å². The molecule has 0 unspecified atom stereocenters. The van der Waals surface area contributed by atoms with Crippen molar-refractivity contribution in [3.8, 4) is 28.9 Å². The minimum Gasteiger partial charge on any atom is -0.508 e. The monoisotopic (exact) mass is 317 g/mol. The van der Waals surface area contributed by atoms with Crippen LogP contribution in [0.5, 0.6) is 5.75 Å². The van der Waals surface area contributed by atoms with Crippen LogP contribution in [0.25, 0.3) is 28.0 Å². The fraction of sp³-hybridized carbons (Fsp3) is 0. The number of fused-ring (bicyclic) bond motifs is 1. The van der Waals surface area contributed by atoms with Gasteiger partial charge in [0.05, 0.1) is 28.0 Å². The average Bonchev–Trinajstić information content (AvgIpc) is 3.21. The number of nitriles is 1. The molecule has 0 atom stereocenters. The molecule has 110 valence electrons. The predicted octanol–water partition coefficient (Wildman–Crippen LogP) is 4.33. The molecule has 2 heterocycles. The first-order valence-corrected chi connectivity index (χ1v) is 7.95. The third-order valence-corrected chi connectivity index (χ3v) is 4.36. The van der Waals surface area contributed by atoms with Crippen molar-refractivity contribution in [2.45, 2.75) is 0 Å². The zero-order valence-electron chi connectivity index (χ0n) is 12.0. The van der Waals surface area contributed by atoms with Crippen molar-refractivity contribution in [1.82, 2.24) is 9.55 Å². The van der Waals surface area contributed by atoms with Crippen LogP contribution in [0.3, 0.4) is 0 Å². The molecule has 4 aromatic rings. The summed E-state index contributed by atoms with van der Waals surface area (Å²) < 4.78 is 2.02. The van der Waals surface area contributed by atoms with Gasteiger partial charge in [0.2, 0.25) is 0 Å². The summed E-state index contributed by atoms with van der Waals surface area (Å²) >= 11 is 1.50. The average molecular weight is 317 g/mol. The highest BCUT2D eigenvalue weighted by Gasteiger charge is 2.20. The van der Waals surface area contributed by atoms with Crippen LogP contribution in [0.1, 0.15) is 5.56 Å². The number of phenols is 1. The fourth-order valence-electron chi connectivity index (χ4n) is 2.80. The van der Waals surface area contributed by atoms with Gasteiger partial charge in [-0.1, -0.05) is 18.2 Å². The number of hydrogen-bond acceptors (Lipinski definition) is 4. The maximum absolute atomic E-state index is 9.69. The summed E-state index contributed by atoms with van der Waals surface area (Å²) in [5.41, 5.74) is 5.74. The lowest BCUT2D eigenvalue weighted by molar-refractivity contribution is 0.475. The Kier molecular flexibility index (Phi) is 3.11. The standard InChI is InChI=1S/C18H11N3OS/c19-9-15-14-3-1-2-4-17(14)21(12-5-7-13(22)8-6-12)18(15)16-10-23-11-20-16/h1-8,10-11,22H. The topological polar surface area (TPSA) is 61.8 Å². The number of nitrogens with zero attached hydrogens (tertiary/aromatic N) is 3.